The average Bonchev–Trinajstić information content (AvgIpc) is 2.78. The van der Waals surface area contributed by atoms with Crippen molar-refractivity contribution in [2.75, 3.05) is 65.0 Å². The number of rotatable bonds is 14. The molecule has 0 aliphatic carbocycles. The molecule has 2 rings (SSSR count). The van der Waals surface area contributed by atoms with Crippen LogP contribution < -0.4 is 15.4 Å². The number of anilines is 1. The van der Waals surface area contributed by atoms with Gasteiger partial charge >= 0.3 is 0 Å². The van der Waals surface area contributed by atoms with E-state index in [9.17, 15) is 0 Å². The van der Waals surface area contributed by atoms with E-state index in [1.807, 2.05) is 38.1 Å². The van der Waals surface area contributed by atoms with E-state index in [0.29, 0.717) is 25.7 Å². The molecule has 0 radical (unpaired) electrons. The second-order valence-corrected chi connectivity index (χ2v) is 8.68. The summed E-state index contributed by atoms with van der Waals surface area (Å²) in [7, 11) is 1.69. The van der Waals surface area contributed by atoms with Gasteiger partial charge in [-0.25, -0.2) is 0 Å². The molecule has 1 heterocycles. The Bertz CT molecular complexity index is 629. The van der Waals surface area contributed by atoms with E-state index in [0.717, 1.165) is 36.9 Å². The van der Waals surface area contributed by atoms with Crippen LogP contribution in [0.4, 0.5) is 5.69 Å². The first kappa shape index (κ1) is 26.4. The molecule has 0 bridgehead atoms. The summed E-state index contributed by atoms with van der Waals surface area (Å²) in [6, 6.07) is 8.05. The van der Waals surface area contributed by atoms with E-state index in [1.165, 1.54) is 38.9 Å². The molecule has 0 spiro atoms. The molecule has 1 aromatic carbocycles. The number of nitrogens with one attached hydrogen (secondary N) is 2. The minimum Gasteiger partial charge on any atom is -0.491 e. The van der Waals surface area contributed by atoms with Crippen molar-refractivity contribution in [2.45, 2.75) is 52.6 Å². The van der Waals surface area contributed by atoms with E-state index < -0.39 is 0 Å². The van der Waals surface area contributed by atoms with Gasteiger partial charge in [-0.3, -0.25) is 4.99 Å². The first-order valence-electron chi connectivity index (χ1n) is 12.2. The first-order chi connectivity index (χ1) is 15.6. The van der Waals surface area contributed by atoms with Crippen LogP contribution >= 0.6 is 0 Å². The number of hydrogen-bond donors (Lipinski definition) is 2. The van der Waals surface area contributed by atoms with Gasteiger partial charge in [-0.05, 0) is 89.3 Å². The molecule has 0 unspecified atom stereocenters. The van der Waals surface area contributed by atoms with Crippen LogP contribution in [0.5, 0.6) is 5.75 Å². The molecule has 1 fully saturated rings. The van der Waals surface area contributed by atoms with Crippen molar-refractivity contribution in [2.24, 2.45) is 10.9 Å². The van der Waals surface area contributed by atoms with Crippen LogP contribution in [0, 0.1) is 5.92 Å². The molecule has 0 aromatic heterocycles. The lowest BCUT2D eigenvalue weighted by molar-refractivity contribution is 0.0699. The van der Waals surface area contributed by atoms with E-state index in [2.05, 4.69) is 22.5 Å². The summed E-state index contributed by atoms with van der Waals surface area (Å²) in [6.45, 7) is 13.6. The molecule has 0 atom stereocenters. The first-order valence-corrected chi connectivity index (χ1v) is 12.2. The number of benzene rings is 1. The smallest absolute Gasteiger partial charge is 0.195 e. The molecule has 0 saturated carbocycles. The molecule has 1 saturated heterocycles. The number of piperidine rings is 1. The van der Waals surface area contributed by atoms with E-state index >= 15 is 0 Å². The molecular formula is C25H44N4O3. The minimum atomic E-state index is 0.169. The highest BCUT2D eigenvalue weighted by Crippen LogP contribution is 2.19. The Hall–Kier alpha value is -1.83. The van der Waals surface area contributed by atoms with Gasteiger partial charge in [0.2, 0.25) is 0 Å². The number of aliphatic imine (C=N–C) groups is 1. The molecule has 1 aliphatic rings. The monoisotopic (exact) mass is 448 g/mol. The predicted octanol–water partition coefficient (Wildman–Crippen LogP) is 4.01. The maximum absolute atomic E-state index is 5.75. The molecule has 1 aliphatic heterocycles. The third kappa shape index (κ3) is 11.2. The second kappa shape index (κ2) is 15.9. The molecule has 7 nitrogen and oxygen atoms in total. The number of likely N-dealkylation sites (tertiary alicyclic amines) is 1. The van der Waals surface area contributed by atoms with Crippen LogP contribution in [0.3, 0.4) is 0 Å². The van der Waals surface area contributed by atoms with Gasteiger partial charge in [-0.2, -0.15) is 0 Å². The quantitative estimate of drug-likeness (QED) is 0.255. The fourth-order valence-electron chi connectivity index (χ4n) is 3.72. The van der Waals surface area contributed by atoms with Gasteiger partial charge < -0.3 is 29.7 Å². The normalized spacial score (nSPS) is 15.8. The highest BCUT2D eigenvalue weighted by Gasteiger charge is 2.18. The maximum Gasteiger partial charge on any atom is 0.195 e. The van der Waals surface area contributed by atoms with Crippen LogP contribution in [0.25, 0.3) is 0 Å². The summed E-state index contributed by atoms with van der Waals surface area (Å²) >= 11 is 0. The summed E-state index contributed by atoms with van der Waals surface area (Å²) in [5, 5.41) is 6.91. The Kier molecular flexibility index (Phi) is 13.1. The van der Waals surface area contributed by atoms with E-state index in [1.54, 1.807) is 7.11 Å². The summed E-state index contributed by atoms with van der Waals surface area (Å²) in [5.74, 6) is 2.36. The second-order valence-electron chi connectivity index (χ2n) is 8.68. The summed E-state index contributed by atoms with van der Waals surface area (Å²) in [6.07, 6.45) is 4.77. The Morgan fingerprint density at radius 2 is 1.88 bits per heavy atom. The molecule has 32 heavy (non-hydrogen) atoms. The number of methoxy groups -OCH3 is 1. The standard InChI is InChI=1S/C25H44N4O3/c1-5-14-29-15-11-22(12-16-29)20-27-25(26-13-6-17-31-19-18-30-4)28-23-7-9-24(10-8-23)32-21(2)3/h7-10,21-22H,5-6,11-20H2,1-4H3,(H2,26,27,28). The van der Waals surface area contributed by atoms with Gasteiger partial charge in [0.15, 0.2) is 5.96 Å². The lowest BCUT2D eigenvalue weighted by Gasteiger charge is -2.31. The zero-order valence-electron chi connectivity index (χ0n) is 20.6. The van der Waals surface area contributed by atoms with Crippen molar-refractivity contribution < 1.29 is 14.2 Å². The number of hydrogen-bond acceptors (Lipinski definition) is 5. The SMILES string of the molecule is CCCN1CCC(CN=C(NCCCOCCOC)Nc2ccc(OC(C)C)cc2)CC1. The lowest BCUT2D eigenvalue weighted by atomic mass is 9.97. The van der Waals surface area contributed by atoms with Crippen molar-refractivity contribution in [1.29, 1.82) is 0 Å². The van der Waals surface area contributed by atoms with Crippen molar-refractivity contribution in [3.8, 4) is 5.75 Å². The van der Waals surface area contributed by atoms with Gasteiger partial charge in [0.05, 0.1) is 19.3 Å². The molecule has 0 amide bonds. The number of guanidine groups is 1. The van der Waals surface area contributed by atoms with E-state index in [4.69, 9.17) is 19.2 Å². The minimum absolute atomic E-state index is 0.169. The highest BCUT2D eigenvalue weighted by atomic mass is 16.5. The third-order valence-electron chi connectivity index (χ3n) is 5.43. The summed E-state index contributed by atoms with van der Waals surface area (Å²) < 4.78 is 16.3. The van der Waals surface area contributed by atoms with Crippen LogP contribution in [0.2, 0.25) is 0 Å². The Morgan fingerprint density at radius 1 is 1.12 bits per heavy atom. The maximum atomic E-state index is 5.75. The van der Waals surface area contributed by atoms with Gasteiger partial charge in [-0.15, -0.1) is 0 Å². The van der Waals surface area contributed by atoms with Crippen LogP contribution in [-0.2, 0) is 9.47 Å². The average molecular weight is 449 g/mol. The van der Waals surface area contributed by atoms with Gasteiger partial charge in [-0.1, -0.05) is 6.92 Å². The van der Waals surface area contributed by atoms with Gasteiger partial charge in [0.25, 0.3) is 0 Å². The van der Waals surface area contributed by atoms with Crippen molar-refractivity contribution in [3.05, 3.63) is 24.3 Å². The fourth-order valence-corrected chi connectivity index (χ4v) is 3.72. The van der Waals surface area contributed by atoms with Crippen molar-refractivity contribution >= 4 is 11.6 Å². The van der Waals surface area contributed by atoms with Crippen molar-refractivity contribution in [3.63, 3.8) is 0 Å². The van der Waals surface area contributed by atoms with Gasteiger partial charge in [0.1, 0.15) is 5.75 Å². The Morgan fingerprint density at radius 3 is 2.53 bits per heavy atom. The highest BCUT2D eigenvalue weighted by molar-refractivity contribution is 5.93. The Balaban J connectivity index is 1.86. The topological polar surface area (TPSA) is 67.4 Å². The van der Waals surface area contributed by atoms with Crippen molar-refractivity contribution in [1.82, 2.24) is 10.2 Å². The van der Waals surface area contributed by atoms with Crippen LogP contribution in [0.15, 0.2) is 29.3 Å². The molecule has 7 heteroatoms. The molecule has 2 N–H and O–H groups in total. The summed E-state index contributed by atoms with van der Waals surface area (Å²) in [5.41, 5.74) is 1.00. The lowest BCUT2D eigenvalue weighted by Crippen LogP contribution is -2.36. The molecule has 1 aromatic rings. The van der Waals surface area contributed by atoms with E-state index in [-0.39, 0.29) is 6.10 Å². The fraction of sp³-hybridized carbons (Fsp3) is 0.720. The molecule has 182 valence electrons. The largest absolute Gasteiger partial charge is 0.491 e. The third-order valence-corrected chi connectivity index (χ3v) is 5.43. The number of nitrogens with zero attached hydrogens (tertiary/aromatic N) is 2. The van der Waals surface area contributed by atoms with Crippen LogP contribution in [-0.4, -0.2) is 76.6 Å². The predicted molar refractivity (Wildman–Crippen MR) is 133 cm³/mol. The zero-order chi connectivity index (χ0) is 23.0. The van der Waals surface area contributed by atoms with Crippen LogP contribution in [0.1, 0.15) is 46.5 Å². The molecular weight excluding hydrogens is 404 g/mol. The zero-order valence-corrected chi connectivity index (χ0v) is 20.6. The van der Waals surface area contributed by atoms with Gasteiger partial charge in [0, 0.05) is 32.5 Å². The Labute approximate surface area is 194 Å². The number of ether oxygens (including phenoxy) is 3. The summed E-state index contributed by atoms with van der Waals surface area (Å²) in [4.78, 5) is 7.49.